The maximum atomic E-state index is 10.8. The molecule has 0 aromatic carbocycles. The minimum absolute atomic E-state index is 0.273. The molecule has 2 N–H and O–H groups in total. The second-order valence-corrected chi connectivity index (χ2v) is 2.45. The predicted octanol–water partition coefficient (Wildman–Crippen LogP) is -0.419. The zero-order valence-corrected chi connectivity index (χ0v) is 7.14. The molecule has 5 heteroatoms. The molecule has 0 rings (SSSR count). The van der Waals surface area contributed by atoms with Crippen LogP contribution in [-0.4, -0.2) is 24.2 Å². The number of thiol groups is 1. The van der Waals surface area contributed by atoms with E-state index in [0.717, 1.165) is 0 Å². The molecule has 0 aliphatic rings. The van der Waals surface area contributed by atoms with E-state index in [1.807, 2.05) is 0 Å². The van der Waals surface area contributed by atoms with Crippen molar-refractivity contribution in [2.75, 3.05) is 12.3 Å². The monoisotopic (exact) mass is 177 g/mol. The average molecular weight is 177 g/mol. The quantitative estimate of drug-likeness (QED) is 0.349. The number of hydrogen-bond donors (Lipinski definition) is 2. The number of hydrogen-bond acceptors (Lipinski definition) is 5. The molecule has 0 aromatic rings. The molecule has 1 atom stereocenters. The van der Waals surface area contributed by atoms with Gasteiger partial charge in [-0.15, -0.1) is 0 Å². The summed E-state index contributed by atoms with van der Waals surface area (Å²) < 4.78 is 4.30. The van der Waals surface area contributed by atoms with E-state index in [4.69, 9.17) is 5.73 Å². The molecule has 0 heterocycles. The molecule has 0 aliphatic carbocycles. The summed E-state index contributed by atoms with van der Waals surface area (Å²) in [4.78, 5) is 21.2. The van der Waals surface area contributed by atoms with E-state index < -0.39 is 11.9 Å². The zero-order chi connectivity index (χ0) is 8.85. The second kappa shape index (κ2) is 5.15. The van der Waals surface area contributed by atoms with Gasteiger partial charge in [-0.3, -0.25) is 9.59 Å². The predicted molar refractivity (Wildman–Crippen MR) is 43.2 cm³/mol. The van der Waals surface area contributed by atoms with Gasteiger partial charge in [-0.1, -0.05) is 6.92 Å². The number of esters is 2. The first-order valence-electron chi connectivity index (χ1n) is 3.17. The normalized spacial score (nSPS) is 12.3. The van der Waals surface area contributed by atoms with Crippen LogP contribution < -0.4 is 5.73 Å². The molecular weight excluding hydrogens is 166 g/mol. The number of rotatable bonds is 3. The number of carbonyl (C=O) groups excluding carboxylic acids is 2. The van der Waals surface area contributed by atoms with Gasteiger partial charge in [-0.2, -0.15) is 12.6 Å². The van der Waals surface area contributed by atoms with Crippen molar-refractivity contribution in [1.82, 2.24) is 0 Å². The molecule has 1 unspecified atom stereocenters. The van der Waals surface area contributed by atoms with Crippen LogP contribution in [0.1, 0.15) is 6.92 Å². The van der Waals surface area contributed by atoms with Crippen LogP contribution in [0.2, 0.25) is 0 Å². The molecule has 0 radical (unpaired) electrons. The summed E-state index contributed by atoms with van der Waals surface area (Å²) in [6.07, 6.45) is 0. The Labute approximate surface area is 70.5 Å². The van der Waals surface area contributed by atoms with Crippen LogP contribution in [-0.2, 0) is 14.3 Å². The third-order valence-electron chi connectivity index (χ3n) is 1.06. The highest BCUT2D eigenvalue weighted by molar-refractivity contribution is 7.80. The maximum Gasteiger partial charge on any atom is 0.327 e. The van der Waals surface area contributed by atoms with Crippen LogP contribution in [0.25, 0.3) is 0 Å². The standard InChI is InChI=1S/C6H11NO3S/c1-4(3-11)6(9)10-5(8)2-7/h4,11H,2-3,7H2,1H3. The van der Waals surface area contributed by atoms with E-state index in [-0.39, 0.29) is 12.5 Å². The summed E-state index contributed by atoms with van der Waals surface area (Å²) in [6.45, 7) is 1.35. The third-order valence-corrected chi connectivity index (χ3v) is 1.61. The molecule has 64 valence electrons. The lowest BCUT2D eigenvalue weighted by Crippen LogP contribution is -2.25. The first-order chi connectivity index (χ1) is 5.11. The Balaban J connectivity index is 3.77. The first-order valence-corrected chi connectivity index (χ1v) is 3.80. The topological polar surface area (TPSA) is 69.4 Å². The molecule has 4 nitrogen and oxygen atoms in total. The molecule has 0 saturated carbocycles. The lowest BCUT2D eigenvalue weighted by molar-refractivity contribution is -0.160. The largest absolute Gasteiger partial charge is 0.392 e. The van der Waals surface area contributed by atoms with E-state index in [0.29, 0.717) is 5.75 Å². The van der Waals surface area contributed by atoms with Crippen LogP contribution in [0.4, 0.5) is 0 Å². The van der Waals surface area contributed by atoms with Gasteiger partial charge >= 0.3 is 11.9 Å². The van der Waals surface area contributed by atoms with Crippen LogP contribution >= 0.6 is 12.6 Å². The Bertz CT molecular complexity index is 160. The maximum absolute atomic E-state index is 10.8. The fraction of sp³-hybridized carbons (Fsp3) is 0.667. The van der Waals surface area contributed by atoms with Gasteiger partial charge in [0.2, 0.25) is 0 Å². The van der Waals surface area contributed by atoms with Crippen molar-refractivity contribution in [2.24, 2.45) is 11.7 Å². The minimum Gasteiger partial charge on any atom is -0.392 e. The van der Waals surface area contributed by atoms with Crippen molar-refractivity contribution in [3.05, 3.63) is 0 Å². The van der Waals surface area contributed by atoms with Crippen molar-refractivity contribution in [2.45, 2.75) is 6.92 Å². The molecule has 0 fully saturated rings. The van der Waals surface area contributed by atoms with Crippen molar-refractivity contribution in [3.8, 4) is 0 Å². The number of nitrogens with two attached hydrogens (primary N) is 1. The zero-order valence-electron chi connectivity index (χ0n) is 6.24. The SMILES string of the molecule is CC(CS)C(=O)OC(=O)CN. The van der Waals surface area contributed by atoms with Crippen LogP contribution in [0.15, 0.2) is 0 Å². The average Bonchev–Trinajstić information content (AvgIpc) is 2.02. The van der Waals surface area contributed by atoms with Gasteiger partial charge in [0.1, 0.15) is 0 Å². The van der Waals surface area contributed by atoms with E-state index in [1.54, 1.807) is 6.92 Å². The van der Waals surface area contributed by atoms with Gasteiger partial charge in [0.05, 0.1) is 12.5 Å². The second-order valence-electron chi connectivity index (χ2n) is 2.08. The summed E-state index contributed by atoms with van der Waals surface area (Å²) in [5.41, 5.74) is 4.92. The smallest absolute Gasteiger partial charge is 0.327 e. The van der Waals surface area contributed by atoms with Gasteiger partial charge in [0.25, 0.3) is 0 Å². The molecule has 0 aromatic heterocycles. The van der Waals surface area contributed by atoms with E-state index in [2.05, 4.69) is 17.4 Å². The Morgan fingerprint density at radius 2 is 2.18 bits per heavy atom. The Morgan fingerprint density at radius 3 is 2.55 bits per heavy atom. The van der Waals surface area contributed by atoms with Gasteiger partial charge in [-0.25, -0.2) is 0 Å². The molecule has 0 spiro atoms. The fourth-order valence-corrected chi connectivity index (χ4v) is 0.478. The van der Waals surface area contributed by atoms with Crippen molar-refractivity contribution in [1.29, 1.82) is 0 Å². The van der Waals surface area contributed by atoms with E-state index >= 15 is 0 Å². The summed E-state index contributed by atoms with van der Waals surface area (Å²) >= 11 is 3.86. The molecular formula is C6H11NO3S. The van der Waals surface area contributed by atoms with Gasteiger partial charge < -0.3 is 10.5 Å². The summed E-state index contributed by atoms with van der Waals surface area (Å²) in [6, 6.07) is 0. The summed E-state index contributed by atoms with van der Waals surface area (Å²) in [7, 11) is 0. The molecule has 0 bridgehead atoms. The highest BCUT2D eigenvalue weighted by atomic mass is 32.1. The molecule has 0 aliphatic heterocycles. The molecule has 11 heavy (non-hydrogen) atoms. The van der Waals surface area contributed by atoms with Crippen molar-refractivity contribution in [3.63, 3.8) is 0 Å². The lowest BCUT2D eigenvalue weighted by Gasteiger charge is -2.05. The van der Waals surface area contributed by atoms with Crippen molar-refractivity contribution >= 4 is 24.6 Å². The first kappa shape index (κ1) is 10.4. The van der Waals surface area contributed by atoms with Crippen LogP contribution in [0, 0.1) is 5.92 Å². The summed E-state index contributed by atoms with van der Waals surface area (Å²) in [5.74, 6) is -1.29. The van der Waals surface area contributed by atoms with Crippen molar-refractivity contribution < 1.29 is 14.3 Å². The van der Waals surface area contributed by atoms with Crippen LogP contribution in [0.3, 0.4) is 0 Å². The van der Waals surface area contributed by atoms with Crippen LogP contribution in [0.5, 0.6) is 0 Å². The molecule has 0 amide bonds. The molecule has 0 saturated heterocycles. The van der Waals surface area contributed by atoms with E-state index in [1.165, 1.54) is 0 Å². The lowest BCUT2D eigenvalue weighted by atomic mass is 10.2. The fourth-order valence-electron chi connectivity index (χ4n) is 0.329. The minimum atomic E-state index is -0.705. The third kappa shape index (κ3) is 4.00. The Hall–Kier alpha value is -0.550. The van der Waals surface area contributed by atoms with E-state index in [9.17, 15) is 9.59 Å². The van der Waals surface area contributed by atoms with Gasteiger partial charge in [0, 0.05) is 5.75 Å². The van der Waals surface area contributed by atoms with Gasteiger partial charge in [-0.05, 0) is 0 Å². The summed E-state index contributed by atoms with van der Waals surface area (Å²) in [5, 5.41) is 0. The van der Waals surface area contributed by atoms with Gasteiger partial charge in [0.15, 0.2) is 0 Å². The number of carbonyl (C=O) groups is 2. The number of ether oxygens (including phenoxy) is 1. The Kier molecular flexibility index (Phi) is 4.89. The Morgan fingerprint density at radius 1 is 1.64 bits per heavy atom. The highest BCUT2D eigenvalue weighted by Gasteiger charge is 2.15. The highest BCUT2D eigenvalue weighted by Crippen LogP contribution is 2.00.